The summed E-state index contributed by atoms with van der Waals surface area (Å²) in [6.07, 6.45) is -0.0931. The van der Waals surface area contributed by atoms with Crippen LogP contribution in [0.4, 0.5) is 0 Å². The van der Waals surface area contributed by atoms with E-state index in [-0.39, 0.29) is 26.2 Å². The van der Waals surface area contributed by atoms with Gasteiger partial charge in [-0.3, -0.25) is 10.1 Å². The van der Waals surface area contributed by atoms with Gasteiger partial charge >= 0.3 is 17.9 Å². The van der Waals surface area contributed by atoms with Crippen LogP contribution in [0.1, 0.15) is 39.2 Å². The molecule has 0 radical (unpaired) electrons. The average Bonchev–Trinajstić information content (AvgIpc) is 2.68. The maximum absolute atomic E-state index is 12.5. The first kappa shape index (κ1) is 23.4. The molecule has 0 bridgehead atoms. The summed E-state index contributed by atoms with van der Waals surface area (Å²) >= 11 is 0. The summed E-state index contributed by atoms with van der Waals surface area (Å²) in [5, 5.41) is 13.1. The van der Waals surface area contributed by atoms with Gasteiger partial charge in [-0.1, -0.05) is 30.3 Å². The monoisotopic (exact) mass is 421 g/mol. The molecule has 2 rings (SSSR count). The lowest BCUT2D eigenvalue weighted by atomic mass is 10.1. The van der Waals surface area contributed by atoms with Gasteiger partial charge in [0.1, 0.15) is 18.4 Å². The molecule has 164 valence electrons. The number of esters is 3. The molecule has 1 atom stereocenters. The highest BCUT2D eigenvalue weighted by molar-refractivity contribution is 6.15. The van der Waals surface area contributed by atoms with Gasteiger partial charge in [-0.15, -0.1) is 0 Å². The number of nitrogens with one attached hydrogen (secondary N) is 1. The molecule has 1 aliphatic rings. The van der Waals surface area contributed by atoms with Crippen molar-refractivity contribution >= 4 is 17.9 Å². The number of allylic oxidation sites excluding steroid dienone is 1. The number of ether oxygens (including phenoxy) is 4. The van der Waals surface area contributed by atoms with Crippen molar-refractivity contribution in [3.8, 4) is 0 Å². The zero-order chi connectivity index (χ0) is 22.1. The summed E-state index contributed by atoms with van der Waals surface area (Å²) in [4.78, 5) is 36.6. The molecular weight excluding hydrogens is 394 g/mol. The number of cyclic esters (lactones) is 2. The molecule has 0 unspecified atom stereocenters. The number of carbonyl (C=O) groups excluding carboxylic acids is 3. The normalized spacial score (nSPS) is 16.4. The smallest absolute Gasteiger partial charge is 0.352 e. The summed E-state index contributed by atoms with van der Waals surface area (Å²) in [6.45, 7) is 5.26. The van der Waals surface area contributed by atoms with Gasteiger partial charge in [0, 0.05) is 26.9 Å². The molecule has 0 aliphatic carbocycles. The summed E-state index contributed by atoms with van der Waals surface area (Å²) in [6, 6.07) is 8.36. The summed E-state index contributed by atoms with van der Waals surface area (Å²) in [5.74, 6) is -4.41. The molecule has 1 fully saturated rings. The fraction of sp³-hybridized carbons (Fsp3) is 0.476. The van der Waals surface area contributed by atoms with Gasteiger partial charge in [-0.05, 0) is 18.9 Å². The Morgan fingerprint density at radius 3 is 2.40 bits per heavy atom. The topological polar surface area (TPSA) is 120 Å². The maximum atomic E-state index is 12.5. The largest absolute Gasteiger partial charge is 0.511 e. The standard InChI is InChI=1S/C21H27NO8/c1-4-27-13-22-15(18(24)28-12-14-8-6-5-7-9-14)10-11-16(23)17-19(25)29-21(2,3)30-20(17)26/h5-9,15,22-23H,4,10-13H2,1-3H3/t15-/m0/s1. The van der Waals surface area contributed by atoms with E-state index < -0.39 is 41.1 Å². The number of benzene rings is 1. The zero-order valence-electron chi connectivity index (χ0n) is 17.3. The van der Waals surface area contributed by atoms with Gasteiger partial charge in [0.15, 0.2) is 5.57 Å². The van der Waals surface area contributed by atoms with Crippen molar-refractivity contribution in [3.63, 3.8) is 0 Å². The van der Waals surface area contributed by atoms with E-state index in [1.165, 1.54) is 13.8 Å². The van der Waals surface area contributed by atoms with Crippen molar-refractivity contribution in [1.29, 1.82) is 0 Å². The van der Waals surface area contributed by atoms with E-state index in [4.69, 9.17) is 18.9 Å². The number of carbonyl (C=O) groups is 3. The average molecular weight is 421 g/mol. The predicted molar refractivity (Wildman–Crippen MR) is 105 cm³/mol. The van der Waals surface area contributed by atoms with Crippen molar-refractivity contribution in [1.82, 2.24) is 5.32 Å². The van der Waals surface area contributed by atoms with Crippen molar-refractivity contribution in [3.05, 3.63) is 47.2 Å². The second kappa shape index (κ2) is 10.7. The zero-order valence-corrected chi connectivity index (χ0v) is 17.3. The summed E-state index contributed by atoms with van der Waals surface area (Å²) < 4.78 is 20.5. The third-order valence-corrected chi connectivity index (χ3v) is 4.19. The van der Waals surface area contributed by atoms with Gasteiger partial charge in [-0.2, -0.15) is 0 Å². The van der Waals surface area contributed by atoms with Crippen molar-refractivity contribution in [2.75, 3.05) is 13.3 Å². The number of aliphatic hydroxyl groups excluding tert-OH is 1. The molecule has 1 aliphatic heterocycles. The molecule has 0 amide bonds. The van der Waals surface area contributed by atoms with E-state index >= 15 is 0 Å². The Morgan fingerprint density at radius 1 is 1.17 bits per heavy atom. The first-order valence-electron chi connectivity index (χ1n) is 9.64. The highest BCUT2D eigenvalue weighted by atomic mass is 16.7. The van der Waals surface area contributed by atoms with E-state index in [1.54, 1.807) is 0 Å². The van der Waals surface area contributed by atoms with Crippen LogP contribution in [0.5, 0.6) is 0 Å². The molecule has 0 aromatic heterocycles. The molecule has 9 heteroatoms. The van der Waals surface area contributed by atoms with Gasteiger partial charge in [0.25, 0.3) is 5.79 Å². The maximum Gasteiger partial charge on any atom is 0.352 e. The third kappa shape index (κ3) is 6.85. The molecule has 0 saturated carbocycles. The van der Waals surface area contributed by atoms with Gasteiger partial charge in [0.2, 0.25) is 0 Å². The SMILES string of the molecule is CCOCN[C@@H](CCC(O)=C1C(=O)OC(C)(C)OC1=O)C(=O)OCc1ccccc1. The van der Waals surface area contributed by atoms with Crippen LogP contribution in [-0.4, -0.2) is 48.2 Å². The Morgan fingerprint density at radius 2 is 1.80 bits per heavy atom. The molecule has 1 aromatic rings. The lowest BCUT2D eigenvalue weighted by Crippen LogP contribution is -2.42. The summed E-state index contributed by atoms with van der Waals surface area (Å²) in [7, 11) is 0. The van der Waals surface area contributed by atoms with Gasteiger partial charge in [0.05, 0.1) is 6.73 Å². The highest BCUT2D eigenvalue weighted by Crippen LogP contribution is 2.25. The predicted octanol–water partition coefficient (Wildman–Crippen LogP) is 2.11. The second-order valence-corrected chi connectivity index (χ2v) is 7.03. The van der Waals surface area contributed by atoms with Crippen LogP contribution in [0.2, 0.25) is 0 Å². The van der Waals surface area contributed by atoms with Crippen molar-refractivity contribution in [2.45, 2.75) is 52.0 Å². The van der Waals surface area contributed by atoms with Crippen LogP contribution in [0.15, 0.2) is 41.7 Å². The molecule has 1 heterocycles. The fourth-order valence-electron chi connectivity index (χ4n) is 2.69. The van der Waals surface area contributed by atoms with Crippen LogP contribution in [0, 0.1) is 0 Å². The fourth-order valence-corrected chi connectivity index (χ4v) is 2.69. The van der Waals surface area contributed by atoms with Crippen LogP contribution >= 0.6 is 0 Å². The Kier molecular flexibility index (Phi) is 8.37. The molecule has 1 saturated heterocycles. The van der Waals surface area contributed by atoms with E-state index in [2.05, 4.69) is 5.32 Å². The third-order valence-electron chi connectivity index (χ3n) is 4.19. The highest BCUT2D eigenvalue weighted by Gasteiger charge is 2.41. The van der Waals surface area contributed by atoms with Crippen LogP contribution in [-0.2, 0) is 39.9 Å². The van der Waals surface area contributed by atoms with Crippen LogP contribution < -0.4 is 5.32 Å². The second-order valence-electron chi connectivity index (χ2n) is 7.03. The molecule has 0 spiro atoms. The summed E-state index contributed by atoms with van der Waals surface area (Å²) in [5.41, 5.74) is 0.255. The minimum absolute atomic E-state index is 0.0555. The number of aliphatic hydroxyl groups is 1. The Hall–Kier alpha value is -2.91. The van der Waals surface area contributed by atoms with Gasteiger partial charge < -0.3 is 24.1 Å². The molecule has 30 heavy (non-hydrogen) atoms. The Bertz CT molecular complexity index is 765. The Balaban J connectivity index is 2.01. The van der Waals surface area contributed by atoms with E-state index in [0.29, 0.717) is 6.61 Å². The lowest BCUT2D eigenvalue weighted by Gasteiger charge is -2.30. The van der Waals surface area contributed by atoms with Crippen LogP contribution in [0.25, 0.3) is 0 Å². The molecular formula is C21H27NO8. The van der Waals surface area contributed by atoms with Crippen molar-refractivity contribution < 1.29 is 38.4 Å². The number of hydrogen-bond acceptors (Lipinski definition) is 9. The quantitative estimate of drug-likeness (QED) is 0.146. The molecule has 1 aromatic carbocycles. The Labute approximate surface area is 174 Å². The first-order chi connectivity index (χ1) is 14.2. The number of hydrogen-bond donors (Lipinski definition) is 2. The van der Waals surface area contributed by atoms with E-state index in [9.17, 15) is 19.5 Å². The minimum atomic E-state index is -1.40. The number of rotatable bonds is 10. The van der Waals surface area contributed by atoms with E-state index in [0.717, 1.165) is 5.56 Å². The van der Waals surface area contributed by atoms with Crippen LogP contribution in [0.3, 0.4) is 0 Å². The first-order valence-corrected chi connectivity index (χ1v) is 9.64. The van der Waals surface area contributed by atoms with Gasteiger partial charge in [-0.25, -0.2) is 9.59 Å². The molecule has 2 N–H and O–H groups in total. The van der Waals surface area contributed by atoms with Crippen molar-refractivity contribution in [2.24, 2.45) is 0 Å². The lowest BCUT2D eigenvalue weighted by molar-refractivity contribution is -0.222. The molecule has 9 nitrogen and oxygen atoms in total. The van der Waals surface area contributed by atoms with E-state index in [1.807, 2.05) is 37.3 Å². The minimum Gasteiger partial charge on any atom is -0.511 e.